The number of aromatic amines is 1. The van der Waals surface area contributed by atoms with Crippen LogP contribution in [0.3, 0.4) is 0 Å². The van der Waals surface area contributed by atoms with Crippen LogP contribution in [0.2, 0.25) is 0 Å². The van der Waals surface area contributed by atoms with Crippen molar-refractivity contribution < 1.29 is 9.53 Å². The monoisotopic (exact) mass is 395 g/mol. The van der Waals surface area contributed by atoms with Gasteiger partial charge in [0.05, 0.1) is 36.1 Å². The van der Waals surface area contributed by atoms with Gasteiger partial charge in [-0.15, -0.1) is 0 Å². The Balaban J connectivity index is 0.000000177. The van der Waals surface area contributed by atoms with Crippen LogP contribution in [0.4, 0.5) is 5.69 Å². The molecule has 3 heterocycles. The number of benzene rings is 1. The van der Waals surface area contributed by atoms with Gasteiger partial charge < -0.3 is 15.0 Å². The average Bonchev–Trinajstić information content (AvgIpc) is 3.14. The zero-order chi connectivity index (χ0) is 20.8. The predicted octanol–water partition coefficient (Wildman–Crippen LogP) is 4.01. The minimum absolute atomic E-state index is 0.109. The van der Waals surface area contributed by atoms with Gasteiger partial charge in [0.1, 0.15) is 5.82 Å². The fraction of sp³-hybridized carbons (Fsp3) is 0.409. The Kier molecular flexibility index (Phi) is 6.82. The van der Waals surface area contributed by atoms with Crippen molar-refractivity contribution in [2.75, 3.05) is 26.0 Å². The maximum atomic E-state index is 10.6. The molecule has 0 saturated carbocycles. The molecule has 2 atom stereocenters. The number of carbonyl (C=O) groups is 1. The number of pyridine rings is 1. The van der Waals surface area contributed by atoms with Crippen LogP contribution >= 0.6 is 0 Å². The van der Waals surface area contributed by atoms with Gasteiger partial charge in [-0.25, -0.2) is 9.97 Å². The number of carbonyl (C=O) groups excluding carboxylic acids is 1. The van der Waals surface area contributed by atoms with Gasteiger partial charge in [-0.3, -0.25) is 9.69 Å². The first-order chi connectivity index (χ1) is 14.0. The summed E-state index contributed by atoms with van der Waals surface area (Å²) in [6.07, 6.45) is 4.05. The van der Waals surface area contributed by atoms with Crippen molar-refractivity contribution in [3.05, 3.63) is 48.4 Å². The molecular weight excluding hydrogens is 366 g/mol. The van der Waals surface area contributed by atoms with E-state index >= 15 is 0 Å². The highest BCUT2D eigenvalue weighted by Gasteiger charge is 2.27. The number of hydrogen-bond acceptors (Lipinski definition) is 5. The van der Waals surface area contributed by atoms with E-state index in [9.17, 15) is 4.79 Å². The minimum Gasteiger partial charge on any atom is -0.481 e. The van der Waals surface area contributed by atoms with Crippen molar-refractivity contribution in [1.82, 2.24) is 19.9 Å². The largest absolute Gasteiger partial charge is 0.481 e. The topological polar surface area (TPSA) is 83.1 Å². The summed E-state index contributed by atoms with van der Waals surface area (Å²) in [5.74, 6) is 2.34. The Morgan fingerprint density at radius 2 is 2.07 bits per heavy atom. The van der Waals surface area contributed by atoms with Gasteiger partial charge in [-0.2, -0.15) is 0 Å². The number of nitrogens with one attached hydrogen (secondary N) is 2. The Hall–Kier alpha value is -2.93. The van der Waals surface area contributed by atoms with E-state index in [-0.39, 0.29) is 5.91 Å². The predicted molar refractivity (Wildman–Crippen MR) is 115 cm³/mol. The highest BCUT2D eigenvalue weighted by atomic mass is 16.5. The summed E-state index contributed by atoms with van der Waals surface area (Å²) in [6.45, 7) is 4.95. The van der Waals surface area contributed by atoms with Crippen molar-refractivity contribution in [1.29, 1.82) is 0 Å². The van der Waals surface area contributed by atoms with Crippen LogP contribution in [0.5, 0.6) is 5.88 Å². The molecule has 1 saturated heterocycles. The zero-order valence-corrected chi connectivity index (χ0v) is 17.5. The zero-order valence-electron chi connectivity index (χ0n) is 17.5. The van der Waals surface area contributed by atoms with E-state index in [1.807, 2.05) is 6.07 Å². The number of aromatic nitrogens is 3. The summed E-state index contributed by atoms with van der Waals surface area (Å²) < 4.78 is 4.85. The second-order valence-electron chi connectivity index (χ2n) is 7.54. The summed E-state index contributed by atoms with van der Waals surface area (Å²) in [6, 6.07) is 12.1. The van der Waals surface area contributed by atoms with Crippen LogP contribution in [0.25, 0.3) is 11.0 Å². The standard InChI is InChI=1S/C14H19N3.C8H10N2O2/c1-10-7-8-17(2)13(9-10)14-15-11-5-3-4-6-12(11)16-14;1-6(11)10-7-3-4-8(12-2)9-5-7/h3-6,10,13H,7-9H2,1-2H3,(H,15,16);3-5H,1-2H3,(H,10,11)/t10?,13-;/m1./s1. The van der Waals surface area contributed by atoms with Crippen LogP contribution in [0.15, 0.2) is 42.6 Å². The summed E-state index contributed by atoms with van der Waals surface area (Å²) in [5, 5.41) is 2.60. The molecule has 1 unspecified atom stereocenters. The molecule has 4 rings (SSSR count). The first-order valence-electron chi connectivity index (χ1n) is 9.88. The molecule has 2 N–H and O–H groups in total. The lowest BCUT2D eigenvalue weighted by Crippen LogP contribution is -2.33. The van der Waals surface area contributed by atoms with Crippen LogP contribution in [0, 0.1) is 5.92 Å². The third-order valence-electron chi connectivity index (χ3n) is 5.12. The number of likely N-dealkylation sites (tertiary alicyclic amines) is 1. The number of para-hydroxylation sites is 2. The van der Waals surface area contributed by atoms with E-state index in [0.29, 0.717) is 17.6 Å². The minimum atomic E-state index is -0.109. The van der Waals surface area contributed by atoms with E-state index in [2.05, 4.69) is 52.4 Å². The van der Waals surface area contributed by atoms with Gasteiger partial charge in [0.25, 0.3) is 0 Å². The maximum Gasteiger partial charge on any atom is 0.221 e. The van der Waals surface area contributed by atoms with Gasteiger partial charge in [0.15, 0.2) is 0 Å². The highest BCUT2D eigenvalue weighted by Crippen LogP contribution is 2.32. The number of nitrogens with zero attached hydrogens (tertiary/aromatic N) is 3. The Labute approximate surface area is 171 Å². The fourth-order valence-corrected chi connectivity index (χ4v) is 3.49. The smallest absolute Gasteiger partial charge is 0.221 e. The van der Waals surface area contributed by atoms with E-state index < -0.39 is 0 Å². The lowest BCUT2D eigenvalue weighted by atomic mass is 9.92. The van der Waals surface area contributed by atoms with Crippen molar-refractivity contribution >= 4 is 22.6 Å². The Morgan fingerprint density at radius 3 is 2.72 bits per heavy atom. The molecule has 0 radical (unpaired) electrons. The molecule has 1 aromatic carbocycles. The second kappa shape index (κ2) is 9.52. The van der Waals surface area contributed by atoms with E-state index in [4.69, 9.17) is 9.72 Å². The van der Waals surface area contributed by atoms with Crippen molar-refractivity contribution in [3.8, 4) is 5.88 Å². The molecule has 1 fully saturated rings. The number of piperidine rings is 1. The summed E-state index contributed by atoms with van der Waals surface area (Å²) in [5.41, 5.74) is 2.89. The van der Waals surface area contributed by atoms with E-state index in [0.717, 1.165) is 22.8 Å². The van der Waals surface area contributed by atoms with E-state index in [1.54, 1.807) is 25.4 Å². The van der Waals surface area contributed by atoms with E-state index in [1.165, 1.54) is 26.3 Å². The SMILES string of the molecule is CC1CCN(C)[C@@H](c2nc3ccccc3[nH]2)C1.COc1ccc(NC(C)=O)cn1. The van der Waals surface area contributed by atoms with Gasteiger partial charge in [-0.1, -0.05) is 19.1 Å². The molecule has 7 nitrogen and oxygen atoms in total. The summed E-state index contributed by atoms with van der Waals surface area (Å²) >= 11 is 0. The quantitative estimate of drug-likeness (QED) is 0.700. The van der Waals surface area contributed by atoms with Crippen molar-refractivity contribution in [3.63, 3.8) is 0 Å². The molecule has 1 aliphatic heterocycles. The Morgan fingerprint density at radius 1 is 1.28 bits per heavy atom. The first kappa shape index (κ1) is 20.8. The lowest BCUT2D eigenvalue weighted by Gasteiger charge is -2.34. The number of ether oxygens (including phenoxy) is 1. The first-order valence-corrected chi connectivity index (χ1v) is 9.88. The summed E-state index contributed by atoms with van der Waals surface area (Å²) in [7, 11) is 3.74. The van der Waals surface area contributed by atoms with Crippen LogP contribution < -0.4 is 10.1 Å². The van der Waals surface area contributed by atoms with Crippen LogP contribution in [-0.2, 0) is 4.79 Å². The molecule has 154 valence electrons. The number of imidazole rings is 1. The fourth-order valence-electron chi connectivity index (χ4n) is 3.49. The molecule has 1 aliphatic rings. The second-order valence-corrected chi connectivity index (χ2v) is 7.54. The Bertz CT molecular complexity index is 905. The molecule has 29 heavy (non-hydrogen) atoms. The molecule has 0 spiro atoms. The normalized spacial score (nSPS) is 19.3. The van der Waals surface area contributed by atoms with Gasteiger partial charge in [0, 0.05) is 13.0 Å². The molecule has 0 bridgehead atoms. The number of H-pyrrole nitrogens is 1. The number of rotatable bonds is 3. The molecule has 2 aromatic heterocycles. The maximum absolute atomic E-state index is 10.6. The van der Waals surface area contributed by atoms with Gasteiger partial charge in [-0.05, 0) is 50.6 Å². The van der Waals surface area contributed by atoms with Crippen molar-refractivity contribution in [2.24, 2.45) is 5.92 Å². The van der Waals surface area contributed by atoms with Gasteiger partial charge in [0.2, 0.25) is 11.8 Å². The third kappa shape index (κ3) is 5.54. The number of anilines is 1. The van der Waals surface area contributed by atoms with Crippen LogP contribution in [-0.4, -0.2) is 46.5 Å². The number of hydrogen-bond donors (Lipinski definition) is 2. The van der Waals surface area contributed by atoms with Gasteiger partial charge >= 0.3 is 0 Å². The average molecular weight is 396 g/mol. The third-order valence-corrected chi connectivity index (χ3v) is 5.12. The summed E-state index contributed by atoms with van der Waals surface area (Å²) in [4.78, 5) is 25.1. The lowest BCUT2D eigenvalue weighted by molar-refractivity contribution is -0.114. The molecule has 3 aromatic rings. The van der Waals surface area contributed by atoms with Crippen molar-refractivity contribution in [2.45, 2.75) is 32.7 Å². The highest BCUT2D eigenvalue weighted by molar-refractivity contribution is 5.88. The number of methoxy groups -OCH3 is 1. The molecule has 0 aliphatic carbocycles. The molecule has 1 amide bonds. The molecule has 7 heteroatoms. The molecular formula is C22H29N5O2. The number of fused-ring (bicyclic) bond motifs is 1. The number of amides is 1. The van der Waals surface area contributed by atoms with Crippen LogP contribution in [0.1, 0.15) is 38.6 Å².